The second-order valence-electron chi connectivity index (χ2n) is 9.99. The molecule has 2 amide bonds. The minimum atomic E-state index is -0.392. The SMILES string of the molecule is Cc1cccc(NC(=O)CN2CCN(C(=O)c3ccc(N4CCC(C)CC4)c([N+](=O)[O-])c3)CC2)c1C. The molecule has 0 spiro atoms. The van der Waals surface area contributed by atoms with E-state index in [0.29, 0.717) is 43.3 Å². The number of benzene rings is 2. The van der Waals surface area contributed by atoms with Gasteiger partial charge in [-0.05, 0) is 61.9 Å². The van der Waals surface area contributed by atoms with Crippen molar-refractivity contribution in [3.8, 4) is 0 Å². The van der Waals surface area contributed by atoms with Gasteiger partial charge < -0.3 is 15.1 Å². The summed E-state index contributed by atoms with van der Waals surface area (Å²) in [5, 5.41) is 14.8. The van der Waals surface area contributed by atoms with Gasteiger partial charge in [-0.15, -0.1) is 0 Å². The molecule has 0 bridgehead atoms. The van der Waals surface area contributed by atoms with E-state index in [2.05, 4.69) is 17.1 Å². The van der Waals surface area contributed by atoms with Crippen molar-refractivity contribution in [2.24, 2.45) is 5.92 Å². The average molecular weight is 494 g/mol. The number of hydrogen-bond acceptors (Lipinski definition) is 6. The highest BCUT2D eigenvalue weighted by molar-refractivity contribution is 5.96. The predicted octanol–water partition coefficient (Wildman–Crippen LogP) is 3.84. The van der Waals surface area contributed by atoms with Gasteiger partial charge in [-0.3, -0.25) is 24.6 Å². The number of amides is 2. The first-order valence-corrected chi connectivity index (χ1v) is 12.6. The number of nitro benzene ring substituents is 1. The van der Waals surface area contributed by atoms with Gasteiger partial charge in [0.25, 0.3) is 11.6 Å². The monoisotopic (exact) mass is 493 g/mol. The summed E-state index contributed by atoms with van der Waals surface area (Å²) in [4.78, 5) is 42.9. The summed E-state index contributed by atoms with van der Waals surface area (Å²) < 4.78 is 0. The topological polar surface area (TPSA) is 99.0 Å². The lowest BCUT2D eigenvalue weighted by Gasteiger charge is -2.34. The fourth-order valence-electron chi connectivity index (χ4n) is 4.89. The van der Waals surface area contributed by atoms with Gasteiger partial charge in [0.15, 0.2) is 0 Å². The van der Waals surface area contributed by atoms with Crippen LogP contribution in [0.2, 0.25) is 0 Å². The highest BCUT2D eigenvalue weighted by Crippen LogP contribution is 2.32. The number of anilines is 2. The molecule has 2 aromatic rings. The van der Waals surface area contributed by atoms with E-state index in [0.717, 1.165) is 42.7 Å². The molecule has 192 valence electrons. The zero-order valence-corrected chi connectivity index (χ0v) is 21.3. The fraction of sp³-hybridized carbons (Fsp3) is 0.481. The average Bonchev–Trinajstić information content (AvgIpc) is 2.87. The molecule has 2 saturated heterocycles. The van der Waals surface area contributed by atoms with Gasteiger partial charge in [0.1, 0.15) is 5.69 Å². The number of hydrogen-bond donors (Lipinski definition) is 1. The molecular formula is C27H35N5O4. The standard InChI is InChI=1S/C27H35N5O4/c1-19-9-11-30(12-10-19)24-8-7-22(17-25(24)32(35)36)27(34)31-15-13-29(14-16-31)18-26(33)28-23-6-4-5-20(2)21(23)3/h4-8,17,19H,9-16,18H2,1-3H3,(H,28,33). The van der Waals surface area contributed by atoms with Gasteiger partial charge >= 0.3 is 0 Å². The van der Waals surface area contributed by atoms with E-state index in [4.69, 9.17) is 0 Å². The number of piperidine rings is 1. The smallest absolute Gasteiger partial charge is 0.293 e. The third kappa shape index (κ3) is 5.84. The van der Waals surface area contributed by atoms with Crippen molar-refractivity contribution in [3.05, 3.63) is 63.2 Å². The summed E-state index contributed by atoms with van der Waals surface area (Å²) in [5.74, 6) is 0.329. The molecule has 9 nitrogen and oxygen atoms in total. The molecule has 1 N–H and O–H groups in total. The van der Waals surface area contributed by atoms with E-state index >= 15 is 0 Å². The van der Waals surface area contributed by atoms with Crippen LogP contribution in [0.15, 0.2) is 36.4 Å². The van der Waals surface area contributed by atoms with Crippen LogP contribution in [0.3, 0.4) is 0 Å². The van der Waals surface area contributed by atoms with Gasteiger partial charge in [-0.2, -0.15) is 0 Å². The number of aryl methyl sites for hydroxylation is 1. The third-order valence-electron chi connectivity index (χ3n) is 7.45. The molecule has 2 heterocycles. The normalized spacial score (nSPS) is 17.2. The molecule has 2 aliphatic rings. The number of nitrogens with zero attached hydrogens (tertiary/aromatic N) is 4. The summed E-state index contributed by atoms with van der Waals surface area (Å²) in [6.45, 7) is 10.1. The number of carbonyl (C=O) groups is 2. The first kappa shape index (κ1) is 25.6. The molecule has 0 unspecified atom stereocenters. The zero-order valence-electron chi connectivity index (χ0n) is 21.3. The van der Waals surface area contributed by atoms with E-state index in [1.54, 1.807) is 17.0 Å². The Balaban J connectivity index is 1.34. The van der Waals surface area contributed by atoms with Gasteiger partial charge in [0.2, 0.25) is 5.91 Å². The van der Waals surface area contributed by atoms with Gasteiger partial charge in [0.05, 0.1) is 11.5 Å². The summed E-state index contributed by atoms with van der Waals surface area (Å²) >= 11 is 0. The van der Waals surface area contributed by atoms with E-state index in [-0.39, 0.29) is 24.0 Å². The Bertz CT molecular complexity index is 1130. The van der Waals surface area contributed by atoms with Crippen molar-refractivity contribution in [1.29, 1.82) is 0 Å². The highest BCUT2D eigenvalue weighted by Gasteiger charge is 2.28. The molecule has 2 aliphatic heterocycles. The second-order valence-corrected chi connectivity index (χ2v) is 9.99. The molecule has 0 aliphatic carbocycles. The summed E-state index contributed by atoms with van der Waals surface area (Å²) in [5.41, 5.74) is 3.89. The summed E-state index contributed by atoms with van der Waals surface area (Å²) in [7, 11) is 0. The first-order chi connectivity index (χ1) is 17.2. The Kier molecular flexibility index (Phi) is 7.88. The van der Waals surface area contributed by atoms with Crippen molar-refractivity contribution in [2.45, 2.75) is 33.6 Å². The van der Waals surface area contributed by atoms with E-state index < -0.39 is 4.92 Å². The number of piperazine rings is 1. The van der Waals surface area contributed by atoms with Crippen LogP contribution in [0, 0.1) is 29.9 Å². The van der Waals surface area contributed by atoms with Crippen molar-refractivity contribution < 1.29 is 14.5 Å². The van der Waals surface area contributed by atoms with Gasteiger partial charge in [-0.25, -0.2) is 0 Å². The largest absolute Gasteiger partial charge is 0.366 e. The lowest BCUT2D eigenvalue weighted by Crippen LogP contribution is -2.50. The number of rotatable bonds is 6. The lowest BCUT2D eigenvalue weighted by molar-refractivity contribution is -0.384. The van der Waals surface area contributed by atoms with Gasteiger partial charge in [-0.1, -0.05) is 19.1 Å². The van der Waals surface area contributed by atoms with E-state index in [9.17, 15) is 19.7 Å². The number of nitrogens with one attached hydrogen (secondary N) is 1. The molecular weight excluding hydrogens is 458 g/mol. The predicted molar refractivity (Wildman–Crippen MR) is 141 cm³/mol. The van der Waals surface area contributed by atoms with E-state index in [1.807, 2.05) is 36.9 Å². The minimum Gasteiger partial charge on any atom is -0.366 e. The van der Waals surface area contributed by atoms with Crippen LogP contribution in [0.1, 0.15) is 41.3 Å². The molecule has 2 fully saturated rings. The fourth-order valence-corrected chi connectivity index (χ4v) is 4.89. The van der Waals surface area contributed by atoms with Crippen LogP contribution in [0.5, 0.6) is 0 Å². The number of nitro groups is 1. The third-order valence-corrected chi connectivity index (χ3v) is 7.45. The molecule has 0 aromatic heterocycles. The van der Waals surface area contributed by atoms with Crippen molar-refractivity contribution >= 4 is 28.9 Å². The molecule has 4 rings (SSSR count). The quantitative estimate of drug-likeness (QED) is 0.485. The first-order valence-electron chi connectivity index (χ1n) is 12.6. The zero-order chi connectivity index (χ0) is 25.8. The lowest BCUT2D eigenvalue weighted by atomic mass is 9.98. The Labute approximate surface area is 212 Å². The van der Waals surface area contributed by atoms with Crippen LogP contribution in [0.4, 0.5) is 17.1 Å². The maximum atomic E-state index is 13.1. The molecule has 0 saturated carbocycles. The molecule has 9 heteroatoms. The Hall–Kier alpha value is -3.46. The minimum absolute atomic E-state index is 0.0165. The van der Waals surface area contributed by atoms with Crippen LogP contribution in [0.25, 0.3) is 0 Å². The Morgan fingerprint density at radius 2 is 1.72 bits per heavy atom. The van der Waals surface area contributed by atoms with Crippen molar-refractivity contribution in [2.75, 3.05) is 56.0 Å². The molecule has 0 atom stereocenters. The Morgan fingerprint density at radius 3 is 2.39 bits per heavy atom. The van der Waals surface area contributed by atoms with Gasteiger partial charge in [0, 0.05) is 56.6 Å². The van der Waals surface area contributed by atoms with Crippen molar-refractivity contribution in [1.82, 2.24) is 9.80 Å². The summed E-state index contributed by atoms with van der Waals surface area (Å²) in [6, 6.07) is 10.7. The number of carbonyl (C=O) groups excluding carboxylic acids is 2. The van der Waals surface area contributed by atoms with Crippen LogP contribution in [-0.2, 0) is 4.79 Å². The van der Waals surface area contributed by atoms with Crippen LogP contribution in [-0.4, -0.2) is 72.4 Å². The summed E-state index contributed by atoms with van der Waals surface area (Å²) in [6.07, 6.45) is 2.01. The second kappa shape index (κ2) is 11.1. The maximum Gasteiger partial charge on any atom is 0.293 e. The maximum absolute atomic E-state index is 13.1. The molecule has 36 heavy (non-hydrogen) atoms. The van der Waals surface area contributed by atoms with E-state index in [1.165, 1.54) is 6.07 Å². The van der Waals surface area contributed by atoms with Crippen molar-refractivity contribution in [3.63, 3.8) is 0 Å². The molecule has 2 aromatic carbocycles. The molecule has 0 radical (unpaired) electrons. The van der Waals surface area contributed by atoms with Crippen LogP contribution < -0.4 is 10.2 Å². The Morgan fingerprint density at radius 1 is 1.03 bits per heavy atom. The van der Waals surface area contributed by atoms with Crippen LogP contribution >= 0.6 is 0 Å². The highest BCUT2D eigenvalue weighted by atomic mass is 16.6.